The smallest absolute Gasteiger partial charge is 0.272 e. The second-order valence-corrected chi connectivity index (χ2v) is 3.73. The van der Waals surface area contributed by atoms with Crippen LogP contribution in [0.5, 0.6) is 0 Å². The quantitative estimate of drug-likeness (QED) is 0.752. The standard InChI is InChI=1S/C9H12ClN3O/c10-6-7-2-1-5-13(7)9(14)8-3-4-11-12-8/h3-4,7H,1-2,5-6H2,(H,11,12). The zero-order valence-corrected chi connectivity index (χ0v) is 8.50. The number of carbonyl (C=O) groups is 1. The molecule has 1 fully saturated rings. The third-order valence-electron chi connectivity index (χ3n) is 2.55. The number of H-pyrrole nitrogens is 1. The van der Waals surface area contributed by atoms with Crippen molar-refractivity contribution in [1.29, 1.82) is 0 Å². The van der Waals surface area contributed by atoms with Gasteiger partial charge >= 0.3 is 0 Å². The fraction of sp³-hybridized carbons (Fsp3) is 0.556. The highest BCUT2D eigenvalue weighted by Gasteiger charge is 2.29. The molecule has 2 heterocycles. The fourth-order valence-electron chi connectivity index (χ4n) is 1.79. The van der Waals surface area contributed by atoms with E-state index in [2.05, 4.69) is 10.2 Å². The zero-order chi connectivity index (χ0) is 9.97. The van der Waals surface area contributed by atoms with Crippen LogP contribution in [-0.4, -0.2) is 39.5 Å². The van der Waals surface area contributed by atoms with Crippen molar-refractivity contribution < 1.29 is 4.79 Å². The monoisotopic (exact) mass is 213 g/mol. The summed E-state index contributed by atoms with van der Waals surface area (Å²) < 4.78 is 0. The Morgan fingerprint density at radius 3 is 3.29 bits per heavy atom. The minimum absolute atomic E-state index is 0.00523. The van der Waals surface area contributed by atoms with Gasteiger partial charge in [-0.3, -0.25) is 9.89 Å². The molecule has 1 N–H and O–H groups in total. The fourth-order valence-corrected chi connectivity index (χ4v) is 2.11. The van der Waals surface area contributed by atoms with Crippen molar-refractivity contribution in [2.45, 2.75) is 18.9 Å². The Morgan fingerprint density at radius 1 is 1.79 bits per heavy atom. The average Bonchev–Trinajstić information content (AvgIpc) is 2.87. The van der Waals surface area contributed by atoms with E-state index in [1.807, 2.05) is 4.90 Å². The molecule has 1 amide bonds. The van der Waals surface area contributed by atoms with Crippen LogP contribution in [0.25, 0.3) is 0 Å². The third-order valence-corrected chi connectivity index (χ3v) is 2.90. The molecule has 76 valence electrons. The Kier molecular flexibility index (Phi) is 2.72. The van der Waals surface area contributed by atoms with Crippen LogP contribution in [0.3, 0.4) is 0 Å². The number of hydrogen-bond acceptors (Lipinski definition) is 2. The van der Waals surface area contributed by atoms with Gasteiger partial charge in [0, 0.05) is 24.7 Å². The lowest BCUT2D eigenvalue weighted by atomic mass is 10.2. The Bertz CT molecular complexity index is 312. The summed E-state index contributed by atoms with van der Waals surface area (Å²) >= 11 is 5.79. The van der Waals surface area contributed by atoms with E-state index in [-0.39, 0.29) is 11.9 Å². The number of hydrogen-bond donors (Lipinski definition) is 1. The Hall–Kier alpha value is -1.03. The molecule has 0 spiro atoms. The Labute approximate surface area is 87.2 Å². The molecule has 1 saturated heterocycles. The lowest BCUT2D eigenvalue weighted by molar-refractivity contribution is 0.0743. The highest BCUT2D eigenvalue weighted by atomic mass is 35.5. The van der Waals surface area contributed by atoms with Crippen molar-refractivity contribution in [3.63, 3.8) is 0 Å². The molecule has 1 aromatic rings. The molecule has 1 aliphatic heterocycles. The molecular formula is C9H12ClN3O. The van der Waals surface area contributed by atoms with Crippen LogP contribution < -0.4 is 0 Å². The van der Waals surface area contributed by atoms with Gasteiger partial charge in [-0.2, -0.15) is 5.10 Å². The molecule has 2 rings (SSSR count). The molecule has 0 saturated carbocycles. The first-order valence-corrected chi connectivity index (χ1v) is 5.22. The lowest BCUT2D eigenvalue weighted by Crippen LogP contribution is -2.36. The number of likely N-dealkylation sites (tertiary alicyclic amines) is 1. The predicted octanol–water partition coefficient (Wildman–Crippen LogP) is 1.25. The van der Waals surface area contributed by atoms with Crippen LogP contribution in [0.2, 0.25) is 0 Å². The van der Waals surface area contributed by atoms with Gasteiger partial charge in [0.2, 0.25) is 0 Å². The topological polar surface area (TPSA) is 49.0 Å². The van der Waals surface area contributed by atoms with E-state index >= 15 is 0 Å². The molecule has 1 atom stereocenters. The van der Waals surface area contributed by atoms with Crippen molar-refractivity contribution in [3.05, 3.63) is 18.0 Å². The van der Waals surface area contributed by atoms with Crippen LogP contribution in [0, 0.1) is 0 Å². The van der Waals surface area contributed by atoms with E-state index in [0.29, 0.717) is 11.6 Å². The number of aromatic amines is 1. The molecule has 0 radical (unpaired) electrons. The van der Waals surface area contributed by atoms with Crippen LogP contribution >= 0.6 is 11.6 Å². The van der Waals surface area contributed by atoms with Crippen LogP contribution in [0.4, 0.5) is 0 Å². The maximum atomic E-state index is 11.9. The third kappa shape index (κ3) is 1.62. The molecular weight excluding hydrogens is 202 g/mol. The number of nitrogens with zero attached hydrogens (tertiary/aromatic N) is 2. The van der Waals surface area contributed by atoms with Gasteiger partial charge in [-0.05, 0) is 18.9 Å². The maximum Gasteiger partial charge on any atom is 0.272 e. The van der Waals surface area contributed by atoms with Gasteiger partial charge < -0.3 is 4.90 Å². The molecule has 0 aromatic carbocycles. The van der Waals surface area contributed by atoms with Crippen LogP contribution in [0.1, 0.15) is 23.3 Å². The summed E-state index contributed by atoms with van der Waals surface area (Å²) in [6.45, 7) is 0.801. The van der Waals surface area contributed by atoms with Gasteiger partial charge in [0.15, 0.2) is 0 Å². The van der Waals surface area contributed by atoms with E-state index in [4.69, 9.17) is 11.6 Å². The van der Waals surface area contributed by atoms with Gasteiger partial charge in [0.25, 0.3) is 5.91 Å². The second-order valence-electron chi connectivity index (χ2n) is 3.42. The molecule has 5 heteroatoms. The zero-order valence-electron chi connectivity index (χ0n) is 7.74. The number of amides is 1. The van der Waals surface area contributed by atoms with Crippen molar-refractivity contribution in [1.82, 2.24) is 15.1 Å². The molecule has 1 aromatic heterocycles. The molecule has 4 nitrogen and oxygen atoms in total. The second kappa shape index (κ2) is 4.00. The van der Waals surface area contributed by atoms with E-state index in [1.54, 1.807) is 12.3 Å². The SMILES string of the molecule is O=C(c1ccn[nH]1)N1CCCC1CCl. The molecule has 0 bridgehead atoms. The van der Waals surface area contributed by atoms with E-state index in [1.165, 1.54) is 0 Å². The number of aromatic nitrogens is 2. The Morgan fingerprint density at radius 2 is 2.64 bits per heavy atom. The largest absolute Gasteiger partial charge is 0.333 e. The summed E-state index contributed by atoms with van der Waals surface area (Å²) in [4.78, 5) is 13.7. The van der Waals surface area contributed by atoms with Crippen LogP contribution in [0.15, 0.2) is 12.3 Å². The van der Waals surface area contributed by atoms with Crippen molar-refractivity contribution in [2.75, 3.05) is 12.4 Å². The van der Waals surface area contributed by atoms with Crippen molar-refractivity contribution >= 4 is 17.5 Å². The van der Waals surface area contributed by atoms with E-state index in [9.17, 15) is 4.79 Å². The molecule has 0 aliphatic carbocycles. The van der Waals surface area contributed by atoms with E-state index < -0.39 is 0 Å². The van der Waals surface area contributed by atoms with Crippen molar-refractivity contribution in [3.8, 4) is 0 Å². The highest BCUT2D eigenvalue weighted by molar-refractivity contribution is 6.18. The average molecular weight is 214 g/mol. The summed E-state index contributed by atoms with van der Waals surface area (Å²) in [6.07, 6.45) is 3.62. The first-order valence-electron chi connectivity index (χ1n) is 4.69. The molecule has 1 unspecified atom stereocenters. The predicted molar refractivity (Wildman–Crippen MR) is 53.4 cm³/mol. The number of carbonyl (C=O) groups excluding carboxylic acids is 1. The minimum atomic E-state index is 0.00523. The normalized spacial score (nSPS) is 21.5. The summed E-state index contributed by atoms with van der Waals surface area (Å²) in [5.41, 5.74) is 0.544. The minimum Gasteiger partial charge on any atom is -0.333 e. The van der Waals surface area contributed by atoms with Gasteiger partial charge in [0.1, 0.15) is 5.69 Å². The number of nitrogens with one attached hydrogen (secondary N) is 1. The van der Waals surface area contributed by atoms with Gasteiger partial charge in [-0.25, -0.2) is 0 Å². The number of halogens is 1. The highest BCUT2D eigenvalue weighted by Crippen LogP contribution is 2.20. The first-order chi connectivity index (χ1) is 6.83. The Balaban J connectivity index is 2.11. The number of alkyl halides is 1. The van der Waals surface area contributed by atoms with Gasteiger partial charge in [0.05, 0.1) is 0 Å². The summed E-state index contributed by atoms with van der Waals surface area (Å²) in [5, 5.41) is 6.43. The molecule has 1 aliphatic rings. The first kappa shape index (κ1) is 9.52. The number of rotatable bonds is 2. The van der Waals surface area contributed by atoms with Crippen molar-refractivity contribution in [2.24, 2.45) is 0 Å². The molecule has 14 heavy (non-hydrogen) atoms. The van der Waals surface area contributed by atoms with Gasteiger partial charge in [-0.1, -0.05) is 0 Å². The van der Waals surface area contributed by atoms with Gasteiger partial charge in [-0.15, -0.1) is 11.6 Å². The lowest BCUT2D eigenvalue weighted by Gasteiger charge is -2.21. The summed E-state index contributed by atoms with van der Waals surface area (Å²) in [6, 6.07) is 1.87. The summed E-state index contributed by atoms with van der Waals surface area (Å²) in [7, 11) is 0. The summed E-state index contributed by atoms with van der Waals surface area (Å²) in [5.74, 6) is 0.519. The van der Waals surface area contributed by atoms with Crippen LogP contribution in [-0.2, 0) is 0 Å². The van der Waals surface area contributed by atoms with E-state index in [0.717, 1.165) is 19.4 Å². The maximum absolute atomic E-state index is 11.9.